The molecule has 2 amide bonds. The number of amides is 2. The molecule has 2 heterocycles. The Morgan fingerprint density at radius 3 is 2.21 bits per heavy atom. The van der Waals surface area contributed by atoms with E-state index in [-0.39, 0.29) is 11.8 Å². The van der Waals surface area contributed by atoms with Crippen LogP contribution in [0.4, 0.5) is 17.1 Å². The van der Waals surface area contributed by atoms with Gasteiger partial charge in [-0.05, 0) is 61.2 Å². The molecule has 166 valence electrons. The van der Waals surface area contributed by atoms with E-state index in [0.29, 0.717) is 23.5 Å². The molecule has 0 spiro atoms. The van der Waals surface area contributed by atoms with Crippen molar-refractivity contribution in [2.45, 2.75) is 19.8 Å². The molecule has 5 rings (SSSR count). The van der Waals surface area contributed by atoms with Crippen LogP contribution in [0.1, 0.15) is 23.1 Å². The Labute approximate surface area is 194 Å². The lowest BCUT2D eigenvalue weighted by molar-refractivity contribution is -0.120. The second-order valence-electron chi connectivity index (χ2n) is 8.83. The van der Waals surface area contributed by atoms with Gasteiger partial charge in [-0.15, -0.1) is 0 Å². The van der Waals surface area contributed by atoms with E-state index in [2.05, 4.69) is 6.07 Å². The largest absolute Gasteiger partial charge is 0.378 e. The van der Waals surface area contributed by atoms with Gasteiger partial charge in [-0.25, -0.2) is 4.90 Å². The number of anilines is 3. The summed E-state index contributed by atoms with van der Waals surface area (Å²) in [5.74, 6) is -0.551. The molecule has 0 radical (unpaired) electrons. The van der Waals surface area contributed by atoms with Crippen LogP contribution in [-0.2, 0) is 16.0 Å². The van der Waals surface area contributed by atoms with Crippen LogP contribution in [0.5, 0.6) is 0 Å². The maximum Gasteiger partial charge on any atom is 0.282 e. The molecule has 2 aliphatic heterocycles. The van der Waals surface area contributed by atoms with Crippen molar-refractivity contribution in [2.24, 2.45) is 0 Å². The van der Waals surface area contributed by atoms with Crippen LogP contribution in [0.2, 0.25) is 0 Å². The van der Waals surface area contributed by atoms with E-state index in [1.165, 1.54) is 10.5 Å². The van der Waals surface area contributed by atoms with E-state index in [0.717, 1.165) is 35.3 Å². The summed E-state index contributed by atoms with van der Waals surface area (Å²) in [7, 11) is 3.92. The maximum atomic E-state index is 13.9. The molecule has 0 aromatic heterocycles. The van der Waals surface area contributed by atoms with Crippen LogP contribution in [0.15, 0.2) is 78.5 Å². The fraction of sp³-hybridized carbons (Fsp3) is 0.214. The van der Waals surface area contributed by atoms with Crippen LogP contribution in [0, 0.1) is 6.92 Å². The van der Waals surface area contributed by atoms with Gasteiger partial charge in [0, 0.05) is 32.0 Å². The minimum absolute atomic E-state index is 0.273. The topological polar surface area (TPSA) is 43.9 Å². The zero-order chi connectivity index (χ0) is 23.1. The highest BCUT2D eigenvalue weighted by atomic mass is 16.2. The van der Waals surface area contributed by atoms with E-state index in [1.54, 1.807) is 0 Å². The van der Waals surface area contributed by atoms with Gasteiger partial charge in [-0.2, -0.15) is 0 Å². The minimum Gasteiger partial charge on any atom is -0.378 e. The second-order valence-corrected chi connectivity index (χ2v) is 8.83. The van der Waals surface area contributed by atoms with E-state index in [9.17, 15) is 9.59 Å². The van der Waals surface area contributed by atoms with E-state index in [1.807, 2.05) is 97.5 Å². The van der Waals surface area contributed by atoms with Crippen LogP contribution in [0.25, 0.3) is 5.57 Å². The molecular weight excluding hydrogens is 410 g/mol. The van der Waals surface area contributed by atoms with Crippen LogP contribution in [0.3, 0.4) is 0 Å². The first kappa shape index (κ1) is 21.0. The molecule has 3 aromatic carbocycles. The third-order valence-electron chi connectivity index (χ3n) is 6.40. The molecule has 0 aliphatic carbocycles. The van der Waals surface area contributed by atoms with E-state index in [4.69, 9.17) is 0 Å². The van der Waals surface area contributed by atoms with Crippen molar-refractivity contribution in [3.63, 3.8) is 0 Å². The Hall–Kier alpha value is -3.86. The SMILES string of the molecule is Cc1ccc(C2=C(N3CCCc4ccccc43)C(=O)N(c3ccc(N(C)C)cc3)C2=O)cc1. The van der Waals surface area contributed by atoms with Crippen molar-refractivity contribution >= 4 is 34.4 Å². The predicted molar refractivity (Wildman–Crippen MR) is 133 cm³/mol. The first-order valence-corrected chi connectivity index (χ1v) is 11.3. The molecule has 0 saturated carbocycles. The lowest BCUT2D eigenvalue weighted by atomic mass is 9.98. The number of benzene rings is 3. The van der Waals surface area contributed by atoms with Gasteiger partial charge in [0.1, 0.15) is 5.70 Å². The molecule has 2 aliphatic rings. The third-order valence-corrected chi connectivity index (χ3v) is 6.40. The van der Waals surface area contributed by atoms with Crippen molar-refractivity contribution < 1.29 is 9.59 Å². The summed E-state index contributed by atoms with van der Waals surface area (Å²) in [6, 6.07) is 23.5. The van der Waals surface area contributed by atoms with Crippen LogP contribution >= 0.6 is 0 Å². The number of hydrogen-bond donors (Lipinski definition) is 0. The fourth-order valence-corrected chi connectivity index (χ4v) is 4.65. The highest BCUT2D eigenvalue weighted by Crippen LogP contribution is 2.39. The summed E-state index contributed by atoms with van der Waals surface area (Å²) in [6.07, 6.45) is 1.90. The second kappa shape index (κ2) is 8.24. The van der Waals surface area contributed by atoms with Crippen molar-refractivity contribution in [1.82, 2.24) is 0 Å². The zero-order valence-electron chi connectivity index (χ0n) is 19.2. The molecule has 0 bridgehead atoms. The van der Waals surface area contributed by atoms with Gasteiger partial charge in [-0.3, -0.25) is 9.59 Å². The molecule has 33 heavy (non-hydrogen) atoms. The molecule has 3 aromatic rings. The van der Waals surface area contributed by atoms with Crippen molar-refractivity contribution in [3.05, 3.63) is 95.2 Å². The molecule has 5 nitrogen and oxygen atoms in total. The normalized spacial score (nSPS) is 15.8. The van der Waals surface area contributed by atoms with Gasteiger partial charge >= 0.3 is 0 Å². The Balaban J connectivity index is 1.65. The number of nitrogens with zero attached hydrogens (tertiary/aromatic N) is 3. The first-order chi connectivity index (χ1) is 16.0. The number of rotatable bonds is 4. The van der Waals surface area contributed by atoms with Crippen molar-refractivity contribution in [2.75, 3.05) is 35.3 Å². The highest BCUT2D eigenvalue weighted by Gasteiger charge is 2.43. The number of aryl methyl sites for hydroxylation is 2. The first-order valence-electron chi connectivity index (χ1n) is 11.3. The van der Waals surface area contributed by atoms with E-state index >= 15 is 0 Å². The minimum atomic E-state index is -0.278. The highest BCUT2D eigenvalue weighted by molar-refractivity contribution is 6.46. The molecule has 5 heteroatoms. The third kappa shape index (κ3) is 3.59. The summed E-state index contributed by atoms with van der Waals surface area (Å²) < 4.78 is 0. The summed E-state index contributed by atoms with van der Waals surface area (Å²) >= 11 is 0. The summed E-state index contributed by atoms with van der Waals surface area (Å²) in [5.41, 5.74) is 6.61. The number of imide groups is 1. The average molecular weight is 438 g/mol. The zero-order valence-corrected chi connectivity index (χ0v) is 19.2. The van der Waals surface area contributed by atoms with E-state index < -0.39 is 0 Å². The summed E-state index contributed by atoms with van der Waals surface area (Å²) in [4.78, 5) is 33.0. The Bertz CT molecular complexity index is 1260. The van der Waals surface area contributed by atoms with Crippen LogP contribution in [-0.4, -0.2) is 32.5 Å². The summed E-state index contributed by atoms with van der Waals surface area (Å²) in [5, 5.41) is 0. The van der Waals surface area contributed by atoms with Crippen LogP contribution < -0.4 is 14.7 Å². The monoisotopic (exact) mass is 437 g/mol. The van der Waals surface area contributed by atoms with Gasteiger partial charge < -0.3 is 9.80 Å². The standard InChI is InChI=1S/C28H27N3O2/c1-19-10-12-21(13-11-19)25-26(30-18-6-8-20-7-4-5-9-24(20)30)28(33)31(27(25)32)23-16-14-22(15-17-23)29(2)3/h4-5,7,9-17H,6,8,18H2,1-3H3. The van der Waals surface area contributed by atoms with Crippen molar-refractivity contribution in [1.29, 1.82) is 0 Å². The van der Waals surface area contributed by atoms with Gasteiger partial charge in [0.05, 0.1) is 11.3 Å². The molecule has 0 unspecified atom stereocenters. The average Bonchev–Trinajstić information content (AvgIpc) is 3.09. The van der Waals surface area contributed by atoms with Gasteiger partial charge in [0.25, 0.3) is 11.8 Å². The lowest BCUT2D eigenvalue weighted by Gasteiger charge is -2.32. The number of carbonyl (C=O) groups is 2. The maximum absolute atomic E-state index is 13.9. The number of hydrogen-bond acceptors (Lipinski definition) is 4. The Kier molecular flexibility index (Phi) is 5.25. The number of fused-ring (bicyclic) bond motifs is 1. The van der Waals surface area contributed by atoms with Gasteiger partial charge in [-0.1, -0.05) is 48.0 Å². The Morgan fingerprint density at radius 1 is 0.818 bits per heavy atom. The number of carbonyl (C=O) groups excluding carboxylic acids is 2. The summed E-state index contributed by atoms with van der Waals surface area (Å²) in [6.45, 7) is 2.72. The molecule has 0 N–H and O–H groups in total. The number of para-hydroxylation sites is 1. The fourth-order valence-electron chi connectivity index (χ4n) is 4.65. The Morgan fingerprint density at radius 2 is 1.52 bits per heavy atom. The molecule has 0 saturated heterocycles. The predicted octanol–water partition coefficient (Wildman–Crippen LogP) is 4.80. The van der Waals surface area contributed by atoms with Crippen molar-refractivity contribution in [3.8, 4) is 0 Å². The van der Waals surface area contributed by atoms with Gasteiger partial charge in [0.2, 0.25) is 0 Å². The quantitative estimate of drug-likeness (QED) is 0.550. The molecule has 0 atom stereocenters. The smallest absolute Gasteiger partial charge is 0.282 e. The lowest BCUT2D eigenvalue weighted by Crippen LogP contribution is -2.37. The molecular formula is C28H27N3O2. The van der Waals surface area contributed by atoms with Gasteiger partial charge in [0.15, 0.2) is 0 Å². The molecule has 0 fully saturated rings.